The van der Waals surface area contributed by atoms with Crippen LogP contribution in [0.3, 0.4) is 0 Å². The maximum absolute atomic E-state index is 9.40. The summed E-state index contributed by atoms with van der Waals surface area (Å²) >= 11 is 7.48. The first-order valence-electron chi connectivity index (χ1n) is 6.17. The molecule has 1 fully saturated rings. The van der Waals surface area contributed by atoms with Crippen molar-refractivity contribution in [3.8, 4) is 0 Å². The molecule has 0 saturated carbocycles. The van der Waals surface area contributed by atoms with Gasteiger partial charge in [-0.3, -0.25) is 4.90 Å². The molecule has 96 valence electrons. The third-order valence-corrected chi connectivity index (χ3v) is 4.68. The van der Waals surface area contributed by atoms with E-state index in [-0.39, 0.29) is 6.61 Å². The van der Waals surface area contributed by atoms with Gasteiger partial charge in [-0.25, -0.2) is 4.98 Å². The maximum Gasteiger partial charge on any atom is 0.110 e. The lowest BCUT2D eigenvalue weighted by Gasteiger charge is -2.30. The molecule has 0 aliphatic carbocycles. The largest absolute Gasteiger partial charge is 0.395 e. The molecular weight excluding hydrogens is 256 g/mol. The van der Waals surface area contributed by atoms with Gasteiger partial charge in [-0.1, -0.05) is 6.92 Å². The standard InChI is InChI=1S/C12H19ClN2OS/c1-2-11(12-14-9(6-13)8-17-12)15-5-3-4-10(15)7-16/h8,10-11,16H,2-7H2,1H3. The highest BCUT2D eigenvalue weighted by molar-refractivity contribution is 7.09. The second kappa shape index (κ2) is 6.14. The lowest BCUT2D eigenvalue weighted by molar-refractivity contribution is 0.116. The number of likely N-dealkylation sites (tertiary alicyclic amines) is 1. The highest BCUT2D eigenvalue weighted by Gasteiger charge is 2.31. The van der Waals surface area contributed by atoms with Gasteiger partial charge >= 0.3 is 0 Å². The molecule has 1 aliphatic heterocycles. The normalized spacial score (nSPS) is 23.1. The van der Waals surface area contributed by atoms with Crippen LogP contribution in [0.25, 0.3) is 0 Å². The molecule has 0 amide bonds. The van der Waals surface area contributed by atoms with E-state index in [1.165, 1.54) is 6.42 Å². The minimum absolute atomic E-state index is 0.254. The number of aliphatic hydroxyl groups excluding tert-OH is 1. The van der Waals surface area contributed by atoms with Crippen LogP contribution in [0.2, 0.25) is 0 Å². The Morgan fingerprint density at radius 3 is 3.12 bits per heavy atom. The molecule has 1 aromatic heterocycles. The van der Waals surface area contributed by atoms with E-state index in [2.05, 4.69) is 16.8 Å². The van der Waals surface area contributed by atoms with Crippen LogP contribution in [0.5, 0.6) is 0 Å². The molecular formula is C12H19ClN2OS. The van der Waals surface area contributed by atoms with Gasteiger partial charge in [0.2, 0.25) is 0 Å². The SMILES string of the molecule is CCC(c1nc(CCl)cs1)N1CCCC1CO. The summed E-state index contributed by atoms with van der Waals surface area (Å²) in [5.74, 6) is 0.483. The van der Waals surface area contributed by atoms with Crippen molar-refractivity contribution in [2.45, 2.75) is 44.1 Å². The Morgan fingerprint density at radius 2 is 2.53 bits per heavy atom. The molecule has 2 atom stereocenters. The van der Waals surface area contributed by atoms with E-state index in [1.54, 1.807) is 11.3 Å². The highest BCUT2D eigenvalue weighted by Crippen LogP contribution is 2.33. The number of hydrogen-bond donors (Lipinski definition) is 1. The van der Waals surface area contributed by atoms with E-state index in [0.29, 0.717) is 18.0 Å². The van der Waals surface area contributed by atoms with E-state index in [9.17, 15) is 5.11 Å². The number of rotatable bonds is 5. The lowest BCUT2D eigenvalue weighted by atomic mass is 10.1. The number of aromatic nitrogens is 1. The average Bonchev–Trinajstić information content (AvgIpc) is 2.99. The Bertz CT molecular complexity index is 358. The molecule has 0 spiro atoms. The molecule has 17 heavy (non-hydrogen) atoms. The summed E-state index contributed by atoms with van der Waals surface area (Å²) in [7, 11) is 0. The van der Waals surface area contributed by atoms with E-state index in [4.69, 9.17) is 11.6 Å². The van der Waals surface area contributed by atoms with Gasteiger partial charge in [0.1, 0.15) is 5.01 Å². The smallest absolute Gasteiger partial charge is 0.110 e. The summed E-state index contributed by atoms with van der Waals surface area (Å²) in [6, 6.07) is 0.653. The Morgan fingerprint density at radius 1 is 1.71 bits per heavy atom. The van der Waals surface area contributed by atoms with Gasteiger partial charge in [0.25, 0.3) is 0 Å². The van der Waals surface area contributed by atoms with Crippen LogP contribution in [-0.4, -0.2) is 34.2 Å². The van der Waals surface area contributed by atoms with E-state index in [0.717, 1.165) is 30.1 Å². The maximum atomic E-state index is 9.40. The first kappa shape index (κ1) is 13.3. The van der Waals surface area contributed by atoms with Gasteiger partial charge in [0.15, 0.2) is 0 Å². The molecule has 1 N–H and O–H groups in total. The zero-order valence-electron chi connectivity index (χ0n) is 10.1. The van der Waals surface area contributed by atoms with Gasteiger partial charge in [-0.15, -0.1) is 22.9 Å². The first-order valence-corrected chi connectivity index (χ1v) is 7.58. The predicted molar refractivity (Wildman–Crippen MR) is 71.5 cm³/mol. The summed E-state index contributed by atoms with van der Waals surface area (Å²) in [5.41, 5.74) is 0.963. The van der Waals surface area contributed by atoms with Crippen LogP contribution in [0.1, 0.15) is 42.9 Å². The van der Waals surface area contributed by atoms with Crippen molar-refractivity contribution in [2.75, 3.05) is 13.2 Å². The molecule has 2 rings (SSSR count). The van der Waals surface area contributed by atoms with Gasteiger partial charge in [0, 0.05) is 11.4 Å². The lowest BCUT2D eigenvalue weighted by Crippen LogP contribution is -2.35. The molecule has 0 bridgehead atoms. The van der Waals surface area contributed by atoms with Crippen LogP contribution >= 0.6 is 22.9 Å². The Labute approximate surface area is 111 Å². The van der Waals surface area contributed by atoms with Crippen LogP contribution in [-0.2, 0) is 5.88 Å². The van der Waals surface area contributed by atoms with Crippen molar-refractivity contribution in [2.24, 2.45) is 0 Å². The van der Waals surface area contributed by atoms with Crippen LogP contribution in [0, 0.1) is 0 Å². The van der Waals surface area contributed by atoms with Crippen LogP contribution in [0.15, 0.2) is 5.38 Å². The summed E-state index contributed by atoms with van der Waals surface area (Å²) < 4.78 is 0. The Kier molecular flexibility index (Phi) is 4.79. The van der Waals surface area contributed by atoms with Crippen molar-refractivity contribution in [3.05, 3.63) is 16.1 Å². The van der Waals surface area contributed by atoms with E-state index >= 15 is 0 Å². The number of nitrogens with zero attached hydrogens (tertiary/aromatic N) is 2. The fraction of sp³-hybridized carbons (Fsp3) is 0.750. The zero-order chi connectivity index (χ0) is 12.3. The first-order chi connectivity index (χ1) is 8.30. The molecule has 5 heteroatoms. The molecule has 0 radical (unpaired) electrons. The summed E-state index contributed by atoms with van der Waals surface area (Å²) in [6.45, 7) is 3.50. The molecule has 2 heterocycles. The molecule has 0 aromatic carbocycles. The van der Waals surface area contributed by atoms with Gasteiger partial charge in [0.05, 0.1) is 24.2 Å². The van der Waals surface area contributed by atoms with E-state index < -0.39 is 0 Å². The summed E-state index contributed by atoms with van der Waals surface area (Å²) in [4.78, 5) is 6.98. The average molecular weight is 275 g/mol. The van der Waals surface area contributed by atoms with Crippen molar-refractivity contribution in [1.29, 1.82) is 0 Å². The quantitative estimate of drug-likeness (QED) is 0.839. The summed E-state index contributed by atoms with van der Waals surface area (Å²) in [5, 5.41) is 12.6. The second-order valence-corrected chi connectivity index (χ2v) is 5.61. The Balaban J connectivity index is 2.14. The van der Waals surface area contributed by atoms with Crippen molar-refractivity contribution in [1.82, 2.24) is 9.88 Å². The van der Waals surface area contributed by atoms with Crippen LogP contribution in [0.4, 0.5) is 0 Å². The van der Waals surface area contributed by atoms with Gasteiger partial charge in [-0.05, 0) is 25.8 Å². The van der Waals surface area contributed by atoms with E-state index in [1.807, 2.05) is 5.38 Å². The second-order valence-electron chi connectivity index (χ2n) is 4.45. The van der Waals surface area contributed by atoms with Gasteiger partial charge in [-0.2, -0.15) is 0 Å². The number of thiazole rings is 1. The molecule has 1 aliphatic rings. The predicted octanol–water partition coefficient (Wildman–Crippen LogP) is 2.79. The third kappa shape index (κ3) is 2.81. The number of hydrogen-bond acceptors (Lipinski definition) is 4. The molecule has 2 unspecified atom stereocenters. The number of halogens is 1. The fourth-order valence-electron chi connectivity index (χ4n) is 2.55. The zero-order valence-corrected chi connectivity index (χ0v) is 11.7. The van der Waals surface area contributed by atoms with Crippen molar-refractivity contribution < 1.29 is 5.11 Å². The van der Waals surface area contributed by atoms with Crippen molar-refractivity contribution >= 4 is 22.9 Å². The minimum atomic E-state index is 0.254. The van der Waals surface area contributed by atoms with Gasteiger partial charge < -0.3 is 5.11 Å². The minimum Gasteiger partial charge on any atom is -0.395 e. The highest BCUT2D eigenvalue weighted by atomic mass is 35.5. The van der Waals surface area contributed by atoms with Crippen LogP contribution < -0.4 is 0 Å². The third-order valence-electron chi connectivity index (χ3n) is 3.41. The number of aliphatic hydroxyl groups is 1. The summed E-state index contributed by atoms with van der Waals surface area (Å²) in [6.07, 6.45) is 3.31. The topological polar surface area (TPSA) is 36.4 Å². The fourth-order valence-corrected chi connectivity index (χ4v) is 3.80. The number of alkyl halides is 1. The Hall–Kier alpha value is -0.160. The monoisotopic (exact) mass is 274 g/mol. The molecule has 3 nitrogen and oxygen atoms in total. The molecule has 1 saturated heterocycles. The van der Waals surface area contributed by atoms with Crippen molar-refractivity contribution in [3.63, 3.8) is 0 Å². The molecule has 1 aromatic rings.